The summed E-state index contributed by atoms with van der Waals surface area (Å²) in [6.45, 7) is 4.32. The van der Waals surface area contributed by atoms with Gasteiger partial charge >= 0.3 is 6.03 Å². The van der Waals surface area contributed by atoms with E-state index in [0.717, 1.165) is 25.1 Å². The van der Waals surface area contributed by atoms with Crippen LogP contribution < -0.4 is 5.32 Å². The summed E-state index contributed by atoms with van der Waals surface area (Å²) in [5, 5.41) is 2.91. The SMILES string of the molecule is O=C(NC[C@H](C(=O)N1CCOCC1)c1ccccc1)N1CCC1. The fourth-order valence-corrected chi connectivity index (χ4v) is 2.86. The zero-order valence-electron chi connectivity index (χ0n) is 13.2. The highest BCUT2D eigenvalue weighted by atomic mass is 16.5. The molecule has 3 rings (SSSR count). The molecule has 1 aromatic carbocycles. The van der Waals surface area contributed by atoms with Crippen LogP contribution in [0.15, 0.2) is 30.3 Å². The van der Waals surface area contributed by atoms with Crippen LogP contribution in [0.4, 0.5) is 4.79 Å². The van der Waals surface area contributed by atoms with Gasteiger partial charge in [-0.1, -0.05) is 30.3 Å². The van der Waals surface area contributed by atoms with E-state index in [-0.39, 0.29) is 17.9 Å². The number of amides is 3. The van der Waals surface area contributed by atoms with E-state index >= 15 is 0 Å². The molecule has 2 aliphatic heterocycles. The number of likely N-dealkylation sites (tertiary alicyclic amines) is 1. The van der Waals surface area contributed by atoms with Crippen molar-refractivity contribution >= 4 is 11.9 Å². The van der Waals surface area contributed by atoms with Crippen LogP contribution in [0.1, 0.15) is 17.9 Å². The molecular weight excluding hydrogens is 294 g/mol. The average molecular weight is 317 g/mol. The van der Waals surface area contributed by atoms with E-state index in [1.54, 1.807) is 4.90 Å². The van der Waals surface area contributed by atoms with Gasteiger partial charge in [-0.25, -0.2) is 4.79 Å². The number of benzene rings is 1. The molecule has 0 aromatic heterocycles. The number of carbonyl (C=O) groups excluding carboxylic acids is 2. The van der Waals surface area contributed by atoms with Crippen LogP contribution in [0.2, 0.25) is 0 Å². The number of nitrogens with one attached hydrogen (secondary N) is 1. The number of urea groups is 1. The molecule has 2 fully saturated rings. The van der Waals surface area contributed by atoms with Crippen LogP contribution in [0.5, 0.6) is 0 Å². The lowest BCUT2D eigenvalue weighted by atomic mass is 9.97. The van der Waals surface area contributed by atoms with E-state index in [9.17, 15) is 9.59 Å². The predicted molar refractivity (Wildman–Crippen MR) is 86.2 cm³/mol. The van der Waals surface area contributed by atoms with Crippen LogP contribution in [-0.2, 0) is 9.53 Å². The Labute approximate surface area is 136 Å². The Morgan fingerprint density at radius 1 is 1.04 bits per heavy atom. The van der Waals surface area contributed by atoms with Crippen LogP contribution in [0.3, 0.4) is 0 Å². The second-order valence-electron chi connectivity index (χ2n) is 5.93. The van der Waals surface area contributed by atoms with Crippen molar-refractivity contribution < 1.29 is 14.3 Å². The van der Waals surface area contributed by atoms with Crippen molar-refractivity contribution in [2.75, 3.05) is 45.9 Å². The first kappa shape index (κ1) is 15.8. The summed E-state index contributed by atoms with van der Waals surface area (Å²) in [6.07, 6.45) is 1.06. The first-order valence-electron chi connectivity index (χ1n) is 8.20. The molecule has 6 nitrogen and oxygen atoms in total. The molecule has 1 aromatic rings. The average Bonchev–Trinajstić information content (AvgIpc) is 2.55. The molecule has 1 N–H and O–H groups in total. The van der Waals surface area contributed by atoms with Crippen molar-refractivity contribution in [2.24, 2.45) is 0 Å². The number of morpholine rings is 1. The van der Waals surface area contributed by atoms with Crippen molar-refractivity contribution in [2.45, 2.75) is 12.3 Å². The number of rotatable bonds is 4. The van der Waals surface area contributed by atoms with E-state index in [2.05, 4.69) is 5.32 Å². The highest BCUT2D eigenvalue weighted by Crippen LogP contribution is 2.19. The van der Waals surface area contributed by atoms with Crippen LogP contribution in [0.25, 0.3) is 0 Å². The zero-order valence-corrected chi connectivity index (χ0v) is 13.2. The highest BCUT2D eigenvalue weighted by molar-refractivity contribution is 5.85. The van der Waals surface area contributed by atoms with Crippen molar-refractivity contribution in [3.05, 3.63) is 35.9 Å². The van der Waals surface area contributed by atoms with Gasteiger partial charge in [-0.2, -0.15) is 0 Å². The van der Waals surface area contributed by atoms with Crippen LogP contribution in [0, 0.1) is 0 Å². The number of hydrogen-bond acceptors (Lipinski definition) is 3. The third-order valence-electron chi connectivity index (χ3n) is 4.42. The van der Waals surface area contributed by atoms with Gasteiger partial charge in [0.15, 0.2) is 0 Å². The van der Waals surface area contributed by atoms with Gasteiger partial charge in [0, 0.05) is 32.7 Å². The van der Waals surface area contributed by atoms with Gasteiger partial charge in [-0.3, -0.25) is 4.79 Å². The lowest BCUT2D eigenvalue weighted by molar-refractivity contribution is -0.136. The maximum Gasteiger partial charge on any atom is 0.317 e. The third-order valence-corrected chi connectivity index (χ3v) is 4.42. The second-order valence-corrected chi connectivity index (χ2v) is 5.93. The summed E-state index contributed by atoms with van der Waals surface area (Å²) < 4.78 is 5.32. The zero-order chi connectivity index (χ0) is 16.1. The number of carbonyl (C=O) groups is 2. The van der Waals surface area contributed by atoms with Crippen LogP contribution >= 0.6 is 0 Å². The van der Waals surface area contributed by atoms with Gasteiger partial charge in [0.1, 0.15) is 0 Å². The Bertz CT molecular complexity index is 539. The molecule has 0 spiro atoms. The second kappa shape index (κ2) is 7.46. The minimum Gasteiger partial charge on any atom is -0.378 e. The lowest BCUT2D eigenvalue weighted by Crippen LogP contribution is -2.50. The highest BCUT2D eigenvalue weighted by Gasteiger charge is 2.28. The summed E-state index contributed by atoms with van der Waals surface area (Å²) in [4.78, 5) is 28.5. The molecule has 0 radical (unpaired) electrons. The minimum absolute atomic E-state index is 0.0587. The molecule has 2 heterocycles. The summed E-state index contributed by atoms with van der Waals surface area (Å²) >= 11 is 0. The Kier molecular flexibility index (Phi) is 5.12. The maximum atomic E-state index is 12.9. The van der Waals surface area contributed by atoms with E-state index in [4.69, 9.17) is 4.74 Å². The van der Waals surface area contributed by atoms with Gasteiger partial charge in [-0.05, 0) is 12.0 Å². The first-order chi connectivity index (χ1) is 11.3. The first-order valence-corrected chi connectivity index (χ1v) is 8.20. The van der Waals surface area contributed by atoms with Gasteiger partial charge in [0.05, 0.1) is 19.1 Å². The molecule has 2 aliphatic rings. The Balaban J connectivity index is 1.68. The smallest absolute Gasteiger partial charge is 0.317 e. The van der Waals surface area contributed by atoms with Crippen molar-refractivity contribution in [1.82, 2.24) is 15.1 Å². The Morgan fingerprint density at radius 2 is 1.74 bits per heavy atom. The van der Waals surface area contributed by atoms with Gasteiger partial charge in [0.25, 0.3) is 0 Å². The van der Waals surface area contributed by atoms with Gasteiger partial charge in [0.2, 0.25) is 5.91 Å². The lowest BCUT2D eigenvalue weighted by Gasteiger charge is -2.33. The fraction of sp³-hybridized carbons (Fsp3) is 0.529. The Morgan fingerprint density at radius 3 is 2.35 bits per heavy atom. The summed E-state index contributed by atoms with van der Waals surface area (Å²) in [6, 6.07) is 9.58. The topological polar surface area (TPSA) is 61.9 Å². The third kappa shape index (κ3) is 3.82. The molecule has 2 saturated heterocycles. The van der Waals surface area contributed by atoms with Crippen molar-refractivity contribution in [1.29, 1.82) is 0 Å². The molecule has 0 aliphatic carbocycles. The summed E-state index contributed by atoms with van der Waals surface area (Å²) in [5.41, 5.74) is 0.938. The normalized spacial score (nSPS) is 19.0. The van der Waals surface area contributed by atoms with Crippen molar-refractivity contribution in [3.63, 3.8) is 0 Å². The quantitative estimate of drug-likeness (QED) is 0.903. The molecule has 6 heteroatoms. The number of ether oxygens (including phenoxy) is 1. The molecule has 23 heavy (non-hydrogen) atoms. The van der Waals surface area contributed by atoms with Crippen LogP contribution in [-0.4, -0.2) is 67.7 Å². The molecular formula is C17H23N3O3. The standard InChI is InChI=1S/C17H23N3O3/c21-16(19-9-11-23-12-10-19)15(14-5-2-1-3-6-14)13-18-17(22)20-7-4-8-20/h1-3,5-6,15H,4,7-13H2,(H,18,22)/t15-/m0/s1. The molecule has 3 amide bonds. The van der Waals surface area contributed by atoms with E-state index in [1.807, 2.05) is 35.2 Å². The number of hydrogen-bond donors (Lipinski definition) is 1. The van der Waals surface area contributed by atoms with E-state index < -0.39 is 0 Å². The largest absolute Gasteiger partial charge is 0.378 e. The number of nitrogens with zero attached hydrogens (tertiary/aromatic N) is 2. The Hall–Kier alpha value is -2.08. The molecule has 0 unspecified atom stereocenters. The molecule has 1 atom stereocenters. The molecule has 0 bridgehead atoms. The maximum absolute atomic E-state index is 12.9. The molecule has 124 valence electrons. The minimum atomic E-state index is -0.348. The predicted octanol–water partition coefficient (Wildman–Crippen LogP) is 1.04. The van der Waals surface area contributed by atoms with Gasteiger partial charge < -0.3 is 19.9 Å². The fourth-order valence-electron chi connectivity index (χ4n) is 2.86. The molecule has 0 saturated carbocycles. The van der Waals surface area contributed by atoms with E-state index in [1.165, 1.54) is 0 Å². The summed E-state index contributed by atoms with van der Waals surface area (Å²) in [5.74, 6) is -0.289. The summed E-state index contributed by atoms with van der Waals surface area (Å²) in [7, 11) is 0. The van der Waals surface area contributed by atoms with Crippen molar-refractivity contribution in [3.8, 4) is 0 Å². The monoisotopic (exact) mass is 317 g/mol. The van der Waals surface area contributed by atoms with Gasteiger partial charge in [-0.15, -0.1) is 0 Å². The van der Waals surface area contributed by atoms with E-state index in [0.29, 0.717) is 32.8 Å².